The van der Waals surface area contributed by atoms with Crippen molar-refractivity contribution < 1.29 is 0 Å². The van der Waals surface area contributed by atoms with Gasteiger partial charge in [-0.3, -0.25) is 4.98 Å². The average molecular weight is 255 g/mol. The Bertz CT molecular complexity index is 504. The second-order valence-corrected chi connectivity index (χ2v) is 5.03. The quantitative estimate of drug-likeness (QED) is 0.770. The lowest BCUT2D eigenvalue weighted by molar-refractivity contribution is 0.923. The molecule has 2 heterocycles. The highest BCUT2D eigenvalue weighted by molar-refractivity contribution is 5.72. The molecule has 0 spiro atoms. The third-order valence-corrected chi connectivity index (χ3v) is 3.16. The molecule has 2 rings (SSSR count). The summed E-state index contributed by atoms with van der Waals surface area (Å²) in [5, 5.41) is 0. The van der Waals surface area contributed by atoms with Gasteiger partial charge in [-0.2, -0.15) is 0 Å². The van der Waals surface area contributed by atoms with Crippen molar-refractivity contribution in [2.24, 2.45) is 0 Å². The van der Waals surface area contributed by atoms with Crippen LogP contribution in [0.1, 0.15) is 32.4 Å². The van der Waals surface area contributed by atoms with Crippen molar-refractivity contribution in [2.75, 3.05) is 18.0 Å². The van der Waals surface area contributed by atoms with Crippen molar-refractivity contribution >= 4 is 11.4 Å². The summed E-state index contributed by atoms with van der Waals surface area (Å²) in [5.41, 5.74) is 3.15. The van der Waals surface area contributed by atoms with Crippen molar-refractivity contribution in [1.29, 1.82) is 0 Å². The van der Waals surface area contributed by atoms with Gasteiger partial charge < -0.3 is 4.90 Å². The minimum Gasteiger partial charge on any atom is -0.355 e. The molecule has 0 atom stereocenters. The van der Waals surface area contributed by atoms with Gasteiger partial charge in [-0.25, -0.2) is 4.98 Å². The molecule has 0 radical (unpaired) electrons. The van der Waals surface area contributed by atoms with Crippen molar-refractivity contribution in [1.82, 2.24) is 9.97 Å². The van der Waals surface area contributed by atoms with E-state index in [0.717, 1.165) is 30.2 Å². The van der Waals surface area contributed by atoms with E-state index in [9.17, 15) is 0 Å². The predicted octanol–water partition coefficient (Wildman–Crippen LogP) is 3.61. The van der Waals surface area contributed by atoms with Crippen molar-refractivity contribution in [3.8, 4) is 0 Å². The van der Waals surface area contributed by atoms with Gasteiger partial charge in [0.25, 0.3) is 0 Å². The van der Waals surface area contributed by atoms with E-state index in [1.54, 1.807) is 6.20 Å². The fourth-order valence-corrected chi connectivity index (χ4v) is 2.11. The molecule has 19 heavy (non-hydrogen) atoms. The second-order valence-electron chi connectivity index (χ2n) is 5.03. The lowest BCUT2D eigenvalue weighted by Crippen LogP contribution is -2.19. The van der Waals surface area contributed by atoms with Gasteiger partial charge in [-0.05, 0) is 26.7 Å². The van der Waals surface area contributed by atoms with E-state index >= 15 is 0 Å². The first kappa shape index (κ1) is 13.5. The van der Waals surface area contributed by atoms with E-state index in [1.807, 2.05) is 18.3 Å². The first-order valence-electron chi connectivity index (χ1n) is 6.75. The number of hydrogen-bond acceptors (Lipinski definition) is 3. The van der Waals surface area contributed by atoms with Gasteiger partial charge in [0.2, 0.25) is 0 Å². The summed E-state index contributed by atoms with van der Waals surface area (Å²) in [5.74, 6) is 0.972. The first-order chi connectivity index (χ1) is 9.20. The SMILES string of the molecule is C=C/C(=C\C=C(C)C)c1cncc(N2CCCC2)n1. The van der Waals surface area contributed by atoms with Crippen LogP contribution in [0, 0.1) is 0 Å². The molecular weight excluding hydrogens is 234 g/mol. The van der Waals surface area contributed by atoms with Gasteiger partial charge in [-0.1, -0.05) is 30.4 Å². The molecule has 0 unspecified atom stereocenters. The molecule has 3 nitrogen and oxygen atoms in total. The summed E-state index contributed by atoms with van der Waals surface area (Å²) in [6.45, 7) is 10.2. The molecule has 0 aliphatic carbocycles. The zero-order valence-corrected chi connectivity index (χ0v) is 11.8. The van der Waals surface area contributed by atoms with Crippen LogP contribution in [-0.2, 0) is 0 Å². The smallest absolute Gasteiger partial charge is 0.147 e. The van der Waals surface area contributed by atoms with Gasteiger partial charge in [-0.15, -0.1) is 0 Å². The number of rotatable bonds is 4. The highest BCUT2D eigenvalue weighted by Crippen LogP contribution is 2.20. The minimum atomic E-state index is 0.886. The Labute approximate surface area is 115 Å². The third-order valence-electron chi connectivity index (χ3n) is 3.16. The lowest BCUT2D eigenvalue weighted by Gasteiger charge is -2.16. The van der Waals surface area contributed by atoms with Gasteiger partial charge in [0.05, 0.1) is 18.1 Å². The zero-order chi connectivity index (χ0) is 13.7. The topological polar surface area (TPSA) is 29.0 Å². The molecule has 3 heteroatoms. The van der Waals surface area contributed by atoms with Crippen LogP contribution < -0.4 is 4.90 Å². The van der Waals surface area contributed by atoms with Gasteiger partial charge >= 0.3 is 0 Å². The summed E-state index contributed by atoms with van der Waals surface area (Å²) in [7, 11) is 0. The second kappa shape index (κ2) is 6.32. The number of nitrogens with zero attached hydrogens (tertiary/aromatic N) is 3. The van der Waals surface area contributed by atoms with Gasteiger partial charge in [0.15, 0.2) is 0 Å². The van der Waals surface area contributed by atoms with Crippen LogP contribution in [0.4, 0.5) is 5.82 Å². The minimum absolute atomic E-state index is 0.886. The maximum atomic E-state index is 4.70. The van der Waals surface area contributed by atoms with Crippen LogP contribution >= 0.6 is 0 Å². The molecule has 1 aliphatic rings. The van der Waals surface area contributed by atoms with E-state index in [4.69, 9.17) is 4.98 Å². The van der Waals surface area contributed by atoms with Crippen molar-refractivity contribution in [3.05, 3.63) is 48.5 Å². The Kier molecular flexibility index (Phi) is 4.50. The van der Waals surface area contributed by atoms with E-state index in [2.05, 4.69) is 36.4 Å². The van der Waals surface area contributed by atoms with E-state index in [-0.39, 0.29) is 0 Å². The Balaban J connectivity index is 2.28. The van der Waals surface area contributed by atoms with Crippen molar-refractivity contribution in [2.45, 2.75) is 26.7 Å². The van der Waals surface area contributed by atoms with Crippen molar-refractivity contribution in [3.63, 3.8) is 0 Å². The normalized spacial score (nSPS) is 15.5. The molecule has 1 saturated heterocycles. The number of anilines is 1. The predicted molar refractivity (Wildman–Crippen MR) is 81.1 cm³/mol. The van der Waals surface area contributed by atoms with Crippen LogP contribution in [0.2, 0.25) is 0 Å². The molecular formula is C16H21N3. The summed E-state index contributed by atoms with van der Waals surface area (Å²) < 4.78 is 0. The molecule has 1 aromatic rings. The molecule has 1 aromatic heterocycles. The fraction of sp³-hybridized carbons (Fsp3) is 0.375. The van der Waals surface area contributed by atoms with Crippen LogP contribution in [0.5, 0.6) is 0 Å². The molecule has 100 valence electrons. The molecule has 1 fully saturated rings. The Hall–Kier alpha value is -1.90. The number of allylic oxidation sites excluding steroid dienone is 5. The Morgan fingerprint density at radius 1 is 1.21 bits per heavy atom. The van der Waals surface area contributed by atoms with Gasteiger partial charge in [0, 0.05) is 18.7 Å². The maximum Gasteiger partial charge on any atom is 0.147 e. The summed E-state index contributed by atoms with van der Waals surface area (Å²) in [4.78, 5) is 11.3. The molecule has 1 aliphatic heterocycles. The van der Waals surface area contributed by atoms with E-state index in [0.29, 0.717) is 0 Å². The van der Waals surface area contributed by atoms with Gasteiger partial charge in [0.1, 0.15) is 5.82 Å². The monoisotopic (exact) mass is 255 g/mol. The number of hydrogen-bond donors (Lipinski definition) is 0. The van der Waals surface area contributed by atoms with Crippen LogP contribution in [0.15, 0.2) is 42.8 Å². The molecule has 0 amide bonds. The van der Waals surface area contributed by atoms with Crippen LogP contribution in [0.3, 0.4) is 0 Å². The molecule has 0 saturated carbocycles. The van der Waals surface area contributed by atoms with Crippen LogP contribution in [-0.4, -0.2) is 23.1 Å². The molecule has 0 bridgehead atoms. The van der Waals surface area contributed by atoms with Crippen LogP contribution in [0.25, 0.3) is 5.57 Å². The largest absolute Gasteiger partial charge is 0.355 e. The first-order valence-corrected chi connectivity index (χ1v) is 6.75. The Morgan fingerprint density at radius 2 is 1.95 bits per heavy atom. The third kappa shape index (κ3) is 3.53. The average Bonchev–Trinajstić information content (AvgIpc) is 2.93. The Morgan fingerprint density at radius 3 is 2.58 bits per heavy atom. The summed E-state index contributed by atoms with van der Waals surface area (Å²) >= 11 is 0. The molecule has 0 N–H and O–H groups in total. The fourth-order valence-electron chi connectivity index (χ4n) is 2.11. The molecule has 0 aromatic carbocycles. The van der Waals surface area contributed by atoms with E-state index in [1.165, 1.54) is 18.4 Å². The van der Waals surface area contributed by atoms with E-state index < -0.39 is 0 Å². The highest BCUT2D eigenvalue weighted by atomic mass is 15.2. The zero-order valence-electron chi connectivity index (χ0n) is 11.8. The highest BCUT2D eigenvalue weighted by Gasteiger charge is 2.14. The lowest BCUT2D eigenvalue weighted by atomic mass is 10.1. The maximum absolute atomic E-state index is 4.70. The summed E-state index contributed by atoms with van der Waals surface area (Å²) in [6, 6.07) is 0. The number of aromatic nitrogens is 2. The standard InChI is InChI=1S/C16H21N3/c1-4-14(8-7-13(2)3)15-11-17-12-16(18-15)19-9-5-6-10-19/h4,7-8,11-12H,1,5-6,9-10H2,2-3H3/b14-8+. The summed E-state index contributed by atoms with van der Waals surface area (Å²) in [6.07, 6.45) is 12.1.